The lowest BCUT2D eigenvalue weighted by Gasteiger charge is -2.07. The predicted molar refractivity (Wildman–Crippen MR) is 92.5 cm³/mol. The molecule has 0 radical (unpaired) electrons. The standard InChI is InChI=1S/C16H16N6O2S/c1-3-13-10(2)7-14(25-13)16(24)19-18-15(23)11-5-4-6-12(8-11)22-9-17-20-21-22/h4-9H,3H2,1-2H3,(H,18,23)(H,19,24). The number of hydrazine groups is 1. The lowest BCUT2D eigenvalue weighted by atomic mass is 10.2. The van der Waals surface area contributed by atoms with Crippen LogP contribution < -0.4 is 10.9 Å². The minimum atomic E-state index is -0.424. The molecule has 9 heteroatoms. The van der Waals surface area contributed by atoms with Crippen LogP contribution in [0.25, 0.3) is 5.69 Å². The summed E-state index contributed by atoms with van der Waals surface area (Å²) in [5, 5.41) is 10.9. The van der Waals surface area contributed by atoms with Gasteiger partial charge in [-0.15, -0.1) is 16.4 Å². The van der Waals surface area contributed by atoms with Crippen LogP contribution in [0, 0.1) is 6.92 Å². The number of rotatable bonds is 4. The van der Waals surface area contributed by atoms with Crippen molar-refractivity contribution in [3.63, 3.8) is 0 Å². The summed E-state index contributed by atoms with van der Waals surface area (Å²) in [6, 6.07) is 8.57. The Morgan fingerprint density at radius 2 is 2.00 bits per heavy atom. The van der Waals surface area contributed by atoms with E-state index in [4.69, 9.17) is 0 Å². The summed E-state index contributed by atoms with van der Waals surface area (Å²) >= 11 is 1.43. The number of carbonyl (C=O) groups is 2. The van der Waals surface area contributed by atoms with Gasteiger partial charge in [0, 0.05) is 10.4 Å². The Balaban J connectivity index is 1.66. The number of thiophene rings is 1. The number of benzene rings is 1. The minimum Gasteiger partial charge on any atom is -0.267 e. The van der Waals surface area contributed by atoms with E-state index in [0.29, 0.717) is 16.1 Å². The first-order valence-electron chi connectivity index (χ1n) is 7.62. The molecule has 2 aromatic heterocycles. The molecule has 0 aliphatic rings. The summed E-state index contributed by atoms with van der Waals surface area (Å²) in [5.41, 5.74) is 6.97. The van der Waals surface area contributed by atoms with Crippen molar-refractivity contribution >= 4 is 23.2 Å². The maximum atomic E-state index is 12.2. The van der Waals surface area contributed by atoms with Crippen molar-refractivity contribution in [2.45, 2.75) is 20.3 Å². The number of amides is 2. The van der Waals surface area contributed by atoms with Crippen molar-refractivity contribution in [2.24, 2.45) is 0 Å². The quantitative estimate of drug-likeness (QED) is 0.693. The molecule has 0 atom stereocenters. The molecule has 2 heterocycles. The van der Waals surface area contributed by atoms with Crippen molar-refractivity contribution in [3.05, 3.63) is 57.5 Å². The maximum Gasteiger partial charge on any atom is 0.279 e. The van der Waals surface area contributed by atoms with Crippen LogP contribution in [0.5, 0.6) is 0 Å². The summed E-state index contributed by atoms with van der Waals surface area (Å²) in [6.07, 6.45) is 2.31. The molecule has 0 fully saturated rings. The largest absolute Gasteiger partial charge is 0.279 e. The number of carbonyl (C=O) groups excluding carboxylic acids is 2. The van der Waals surface area contributed by atoms with Gasteiger partial charge in [0.25, 0.3) is 11.8 Å². The second-order valence-electron chi connectivity index (χ2n) is 5.28. The number of hydrogen-bond donors (Lipinski definition) is 2. The van der Waals surface area contributed by atoms with E-state index in [-0.39, 0.29) is 5.91 Å². The van der Waals surface area contributed by atoms with Crippen molar-refractivity contribution in [1.82, 2.24) is 31.1 Å². The van der Waals surface area contributed by atoms with Crippen LogP contribution in [-0.4, -0.2) is 32.0 Å². The van der Waals surface area contributed by atoms with Gasteiger partial charge >= 0.3 is 0 Å². The number of hydrogen-bond acceptors (Lipinski definition) is 6. The Labute approximate surface area is 147 Å². The lowest BCUT2D eigenvalue weighted by Crippen LogP contribution is -2.41. The van der Waals surface area contributed by atoms with Gasteiger partial charge in [0.1, 0.15) is 6.33 Å². The third-order valence-electron chi connectivity index (χ3n) is 3.58. The molecule has 0 aliphatic heterocycles. The lowest BCUT2D eigenvalue weighted by molar-refractivity contribution is 0.0849. The Morgan fingerprint density at radius 3 is 2.68 bits per heavy atom. The second kappa shape index (κ2) is 7.22. The summed E-state index contributed by atoms with van der Waals surface area (Å²) < 4.78 is 1.44. The van der Waals surface area contributed by atoms with Gasteiger partial charge in [0.2, 0.25) is 0 Å². The monoisotopic (exact) mass is 356 g/mol. The van der Waals surface area contributed by atoms with Crippen LogP contribution in [0.1, 0.15) is 37.4 Å². The number of nitrogens with zero attached hydrogens (tertiary/aromatic N) is 4. The van der Waals surface area contributed by atoms with E-state index < -0.39 is 5.91 Å². The van der Waals surface area contributed by atoms with E-state index in [1.54, 1.807) is 24.3 Å². The summed E-state index contributed by atoms with van der Waals surface area (Å²) in [4.78, 5) is 26.1. The average Bonchev–Trinajstić information content (AvgIpc) is 3.29. The Hall–Kier alpha value is -3.07. The molecule has 3 aromatic rings. The molecule has 0 aliphatic carbocycles. The zero-order valence-corrected chi connectivity index (χ0v) is 14.5. The second-order valence-corrected chi connectivity index (χ2v) is 6.42. The molecule has 128 valence electrons. The van der Waals surface area contributed by atoms with Crippen LogP contribution >= 0.6 is 11.3 Å². The minimum absolute atomic E-state index is 0.335. The highest BCUT2D eigenvalue weighted by molar-refractivity contribution is 7.14. The van der Waals surface area contributed by atoms with Gasteiger partial charge in [0.15, 0.2) is 0 Å². The molecule has 2 N–H and O–H groups in total. The maximum absolute atomic E-state index is 12.2. The van der Waals surface area contributed by atoms with Crippen molar-refractivity contribution < 1.29 is 9.59 Å². The molecular formula is C16H16N6O2S. The first-order valence-corrected chi connectivity index (χ1v) is 8.43. The van der Waals surface area contributed by atoms with Crippen LogP contribution in [0.2, 0.25) is 0 Å². The molecule has 8 nitrogen and oxygen atoms in total. The SMILES string of the molecule is CCc1sc(C(=O)NNC(=O)c2cccc(-n3cnnn3)c2)cc1C. The summed E-state index contributed by atoms with van der Waals surface area (Å²) in [7, 11) is 0. The molecule has 0 spiro atoms. The fraction of sp³-hybridized carbons (Fsp3) is 0.188. The van der Waals surface area contributed by atoms with E-state index in [1.807, 2.05) is 19.9 Å². The van der Waals surface area contributed by atoms with Crippen molar-refractivity contribution in [3.8, 4) is 5.69 Å². The third kappa shape index (κ3) is 3.72. The zero-order valence-electron chi connectivity index (χ0n) is 13.7. The predicted octanol–water partition coefficient (Wildman–Crippen LogP) is 1.67. The fourth-order valence-corrected chi connectivity index (χ4v) is 3.31. The van der Waals surface area contributed by atoms with Crippen LogP contribution in [0.15, 0.2) is 36.7 Å². The van der Waals surface area contributed by atoms with E-state index in [2.05, 4.69) is 26.4 Å². The Bertz CT molecular complexity index is 903. The van der Waals surface area contributed by atoms with Crippen LogP contribution in [0.4, 0.5) is 0 Å². The van der Waals surface area contributed by atoms with Crippen LogP contribution in [0.3, 0.4) is 0 Å². The smallest absolute Gasteiger partial charge is 0.267 e. The van der Waals surface area contributed by atoms with Gasteiger partial charge in [-0.25, -0.2) is 4.68 Å². The van der Waals surface area contributed by atoms with E-state index in [9.17, 15) is 9.59 Å². The molecule has 0 saturated carbocycles. The molecule has 0 saturated heterocycles. The van der Waals surface area contributed by atoms with E-state index in [1.165, 1.54) is 22.3 Å². The number of nitrogens with one attached hydrogen (secondary N) is 2. The molecule has 0 bridgehead atoms. The fourth-order valence-electron chi connectivity index (χ4n) is 2.30. The van der Waals surface area contributed by atoms with Gasteiger partial charge < -0.3 is 0 Å². The summed E-state index contributed by atoms with van der Waals surface area (Å²) in [5.74, 6) is -0.759. The van der Waals surface area contributed by atoms with Crippen LogP contribution in [-0.2, 0) is 6.42 Å². The molecule has 3 rings (SSSR count). The summed E-state index contributed by atoms with van der Waals surface area (Å²) in [6.45, 7) is 4.01. The van der Waals surface area contributed by atoms with E-state index >= 15 is 0 Å². The normalized spacial score (nSPS) is 10.5. The highest BCUT2D eigenvalue weighted by Gasteiger charge is 2.13. The molecule has 0 unspecified atom stereocenters. The number of tetrazole rings is 1. The molecular weight excluding hydrogens is 340 g/mol. The van der Waals surface area contributed by atoms with Gasteiger partial charge in [-0.1, -0.05) is 13.0 Å². The van der Waals surface area contributed by atoms with Gasteiger partial charge in [0.05, 0.1) is 10.6 Å². The molecule has 1 aromatic carbocycles. The van der Waals surface area contributed by atoms with Crippen molar-refractivity contribution in [2.75, 3.05) is 0 Å². The first-order chi connectivity index (χ1) is 12.1. The number of aromatic nitrogens is 4. The van der Waals surface area contributed by atoms with Gasteiger partial charge in [-0.3, -0.25) is 20.4 Å². The van der Waals surface area contributed by atoms with E-state index in [0.717, 1.165) is 16.9 Å². The molecule has 25 heavy (non-hydrogen) atoms. The molecule has 2 amide bonds. The number of aryl methyl sites for hydroxylation is 2. The highest BCUT2D eigenvalue weighted by Crippen LogP contribution is 2.22. The average molecular weight is 356 g/mol. The Morgan fingerprint density at radius 1 is 1.20 bits per heavy atom. The van der Waals surface area contributed by atoms with Crippen molar-refractivity contribution in [1.29, 1.82) is 0 Å². The zero-order chi connectivity index (χ0) is 17.8. The topological polar surface area (TPSA) is 102 Å². The Kier molecular flexibility index (Phi) is 4.85. The third-order valence-corrected chi connectivity index (χ3v) is 4.96. The first kappa shape index (κ1) is 16.8. The highest BCUT2D eigenvalue weighted by atomic mass is 32.1. The van der Waals surface area contributed by atoms with Gasteiger partial charge in [-0.2, -0.15) is 0 Å². The van der Waals surface area contributed by atoms with Gasteiger partial charge in [-0.05, 0) is 53.6 Å².